The lowest BCUT2D eigenvalue weighted by Gasteiger charge is -2.20. The van der Waals surface area contributed by atoms with Gasteiger partial charge in [0.2, 0.25) is 0 Å². The molecule has 0 fully saturated rings. The van der Waals surface area contributed by atoms with Gasteiger partial charge in [-0.05, 0) is 25.1 Å². The first-order valence-electron chi connectivity index (χ1n) is 8.12. The van der Waals surface area contributed by atoms with Crippen LogP contribution in [0.1, 0.15) is 21.7 Å². The maximum Gasteiger partial charge on any atom is 0.258 e. The molecule has 4 rings (SSSR count). The van der Waals surface area contributed by atoms with Crippen LogP contribution in [0.3, 0.4) is 0 Å². The van der Waals surface area contributed by atoms with Gasteiger partial charge in [-0.1, -0.05) is 35.5 Å². The van der Waals surface area contributed by atoms with E-state index < -0.39 is 0 Å². The fourth-order valence-electron chi connectivity index (χ4n) is 2.93. The summed E-state index contributed by atoms with van der Waals surface area (Å²) in [4.78, 5) is 19.2. The van der Waals surface area contributed by atoms with Gasteiger partial charge in [-0.15, -0.1) is 0 Å². The summed E-state index contributed by atoms with van der Waals surface area (Å²) >= 11 is 0. The van der Waals surface area contributed by atoms with Crippen LogP contribution >= 0.6 is 0 Å². The highest BCUT2D eigenvalue weighted by Crippen LogP contribution is 2.27. The van der Waals surface area contributed by atoms with Crippen molar-refractivity contribution in [3.63, 3.8) is 0 Å². The van der Waals surface area contributed by atoms with Crippen molar-refractivity contribution in [2.45, 2.75) is 13.5 Å². The summed E-state index contributed by atoms with van der Waals surface area (Å²) in [6.07, 6.45) is 0. The molecule has 0 atom stereocenters. The zero-order chi connectivity index (χ0) is 17.2. The number of carbonyl (C=O) groups excluding carboxylic acids is 1. The van der Waals surface area contributed by atoms with E-state index in [0.29, 0.717) is 42.5 Å². The van der Waals surface area contributed by atoms with Crippen LogP contribution in [0.2, 0.25) is 0 Å². The fraction of sp³-hybridized carbons (Fsp3) is 0.211. The summed E-state index contributed by atoms with van der Waals surface area (Å²) in [5.41, 5.74) is 2.19. The number of nitrogens with zero attached hydrogens (tertiary/aromatic N) is 3. The Labute approximate surface area is 145 Å². The van der Waals surface area contributed by atoms with Crippen molar-refractivity contribution in [3.8, 4) is 17.2 Å². The molecule has 126 valence electrons. The second-order valence-corrected chi connectivity index (χ2v) is 5.88. The van der Waals surface area contributed by atoms with Crippen molar-refractivity contribution in [2.24, 2.45) is 0 Å². The van der Waals surface area contributed by atoms with Gasteiger partial charge in [-0.25, -0.2) is 0 Å². The third kappa shape index (κ3) is 2.98. The van der Waals surface area contributed by atoms with Crippen molar-refractivity contribution in [1.29, 1.82) is 0 Å². The van der Waals surface area contributed by atoms with Gasteiger partial charge in [0.25, 0.3) is 11.8 Å². The molecule has 0 saturated heterocycles. The van der Waals surface area contributed by atoms with Gasteiger partial charge < -0.3 is 14.2 Å². The van der Waals surface area contributed by atoms with E-state index in [1.165, 1.54) is 0 Å². The number of rotatable bonds is 2. The molecule has 3 aromatic rings. The van der Waals surface area contributed by atoms with Crippen LogP contribution < -0.4 is 4.74 Å². The monoisotopic (exact) mass is 335 g/mol. The number of amides is 1. The van der Waals surface area contributed by atoms with Crippen LogP contribution in [0, 0.1) is 6.92 Å². The first kappa shape index (κ1) is 15.4. The Morgan fingerprint density at radius 1 is 1.12 bits per heavy atom. The molecule has 6 nitrogen and oxygen atoms in total. The topological polar surface area (TPSA) is 68.5 Å². The molecule has 6 heteroatoms. The molecule has 1 amide bonds. The number of para-hydroxylation sites is 1. The predicted octanol–water partition coefficient (Wildman–Crippen LogP) is 3.08. The van der Waals surface area contributed by atoms with E-state index in [4.69, 9.17) is 9.26 Å². The van der Waals surface area contributed by atoms with Gasteiger partial charge in [0.15, 0.2) is 5.82 Å². The van der Waals surface area contributed by atoms with Crippen LogP contribution in [-0.4, -0.2) is 34.1 Å². The van der Waals surface area contributed by atoms with Gasteiger partial charge in [-0.3, -0.25) is 4.79 Å². The molecule has 2 aromatic carbocycles. The lowest BCUT2D eigenvalue weighted by atomic mass is 10.1. The molecule has 25 heavy (non-hydrogen) atoms. The van der Waals surface area contributed by atoms with Crippen LogP contribution in [0.4, 0.5) is 0 Å². The van der Waals surface area contributed by atoms with Crippen LogP contribution in [-0.2, 0) is 6.54 Å². The molecule has 0 spiro atoms. The van der Waals surface area contributed by atoms with Crippen molar-refractivity contribution in [3.05, 3.63) is 65.5 Å². The third-order valence-corrected chi connectivity index (χ3v) is 4.16. The Kier molecular flexibility index (Phi) is 3.93. The average molecular weight is 335 g/mol. The second kappa shape index (κ2) is 6.39. The van der Waals surface area contributed by atoms with Gasteiger partial charge in [-0.2, -0.15) is 4.98 Å². The molecule has 0 radical (unpaired) electrons. The lowest BCUT2D eigenvalue weighted by molar-refractivity contribution is 0.0733. The highest BCUT2D eigenvalue weighted by Gasteiger charge is 2.24. The molecule has 1 aromatic heterocycles. The predicted molar refractivity (Wildman–Crippen MR) is 91.1 cm³/mol. The zero-order valence-electron chi connectivity index (χ0n) is 13.8. The molecule has 0 N–H and O–H groups in total. The SMILES string of the molecule is Cc1noc(-c2ccccc2C(=O)N2CCOc3ccccc3C2)n1. The van der Waals surface area contributed by atoms with Gasteiger partial charge in [0, 0.05) is 12.1 Å². The van der Waals surface area contributed by atoms with Crippen molar-refractivity contribution >= 4 is 5.91 Å². The fourth-order valence-corrected chi connectivity index (χ4v) is 2.93. The van der Waals surface area contributed by atoms with Gasteiger partial charge in [0.05, 0.1) is 17.7 Å². The average Bonchev–Trinajstić information content (AvgIpc) is 2.96. The van der Waals surface area contributed by atoms with E-state index in [0.717, 1.165) is 11.3 Å². The number of fused-ring (bicyclic) bond motifs is 1. The highest BCUT2D eigenvalue weighted by molar-refractivity contribution is 6.00. The van der Waals surface area contributed by atoms with E-state index in [9.17, 15) is 4.79 Å². The minimum Gasteiger partial charge on any atom is -0.491 e. The number of aromatic nitrogens is 2. The van der Waals surface area contributed by atoms with E-state index in [1.54, 1.807) is 17.9 Å². The number of ether oxygens (including phenoxy) is 1. The first-order valence-corrected chi connectivity index (χ1v) is 8.12. The highest BCUT2D eigenvalue weighted by atomic mass is 16.5. The van der Waals surface area contributed by atoms with Crippen LogP contribution in [0.5, 0.6) is 5.75 Å². The van der Waals surface area contributed by atoms with Crippen molar-refractivity contribution < 1.29 is 14.1 Å². The molecule has 0 bridgehead atoms. The molecule has 1 aliphatic rings. The summed E-state index contributed by atoms with van der Waals surface area (Å²) in [6.45, 7) is 3.24. The summed E-state index contributed by atoms with van der Waals surface area (Å²) < 4.78 is 11.0. The van der Waals surface area contributed by atoms with E-state index >= 15 is 0 Å². The zero-order valence-corrected chi connectivity index (χ0v) is 13.8. The molecular weight excluding hydrogens is 318 g/mol. The minimum atomic E-state index is -0.0771. The third-order valence-electron chi connectivity index (χ3n) is 4.16. The van der Waals surface area contributed by atoms with Crippen molar-refractivity contribution in [1.82, 2.24) is 15.0 Å². The molecule has 0 aliphatic carbocycles. The normalized spacial score (nSPS) is 13.7. The van der Waals surface area contributed by atoms with Crippen molar-refractivity contribution in [2.75, 3.05) is 13.2 Å². The Bertz CT molecular complexity index is 920. The number of hydrogen-bond acceptors (Lipinski definition) is 5. The number of hydrogen-bond donors (Lipinski definition) is 0. The smallest absolute Gasteiger partial charge is 0.258 e. The number of aryl methyl sites for hydroxylation is 1. The second-order valence-electron chi connectivity index (χ2n) is 5.88. The maximum atomic E-state index is 13.1. The van der Waals surface area contributed by atoms with E-state index in [-0.39, 0.29) is 5.91 Å². The summed E-state index contributed by atoms with van der Waals surface area (Å²) in [5, 5.41) is 3.82. The Morgan fingerprint density at radius 2 is 1.92 bits per heavy atom. The van der Waals surface area contributed by atoms with Gasteiger partial charge >= 0.3 is 0 Å². The molecule has 0 unspecified atom stereocenters. The standard InChI is InChI=1S/C19H17N3O3/c1-13-20-18(25-21-13)15-7-3-4-8-16(15)19(23)22-10-11-24-17-9-5-2-6-14(17)12-22/h2-9H,10-12H2,1H3. The van der Waals surface area contributed by atoms with E-state index in [2.05, 4.69) is 10.1 Å². The minimum absolute atomic E-state index is 0.0771. The van der Waals surface area contributed by atoms with E-state index in [1.807, 2.05) is 42.5 Å². The quantitative estimate of drug-likeness (QED) is 0.720. The Morgan fingerprint density at radius 3 is 2.76 bits per heavy atom. The van der Waals surface area contributed by atoms with Crippen LogP contribution in [0.15, 0.2) is 53.1 Å². The largest absolute Gasteiger partial charge is 0.491 e. The number of benzene rings is 2. The Balaban J connectivity index is 1.68. The molecule has 2 heterocycles. The number of carbonyl (C=O) groups is 1. The Hall–Kier alpha value is -3.15. The summed E-state index contributed by atoms with van der Waals surface area (Å²) in [7, 11) is 0. The van der Waals surface area contributed by atoms with Crippen LogP contribution in [0.25, 0.3) is 11.5 Å². The first-order chi connectivity index (χ1) is 12.2. The summed E-state index contributed by atoms with van der Waals surface area (Å²) in [6, 6.07) is 15.1. The molecule has 1 aliphatic heterocycles. The molecule has 0 saturated carbocycles. The molecular formula is C19H17N3O3. The van der Waals surface area contributed by atoms with Gasteiger partial charge in [0.1, 0.15) is 12.4 Å². The summed E-state index contributed by atoms with van der Waals surface area (Å²) in [5.74, 6) is 1.65. The maximum absolute atomic E-state index is 13.1. The lowest BCUT2D eigenvalue weighted by Crippen LogP contribution is -2.32.